The van der Waals surface area contributed by atoms with Gasteiger partial charge in [-0.3, -0.25) is 24.1 Å². The Bertz CT molecular complexity index is 1960. The molecule has 1 saturated heterocycles. The quantitative estimate of drug-likeness (QED) is 0.126. The van der Waals surface area contributed by atoms with E-state index in [2.05, 4.69) is 51.7 Å². The minimum Gasteiger partial charge on any atom is -0.496 e. The van der Waals surface area contributed by atoms with Crippen LogP contribution in [0.5, 0.6) is 5.75 Å². The molecule has 0 aliphatic carbocycles. The molecule has 1 aliphatic heterocycles. The monoisotopic (exact) mass is 786 g/mol. The van der Waals surface area contributed by atoms with Gasteiger partial charge < -0.3 is 34.7 Å². The van der Waals surface area contributed by atoms with E-state index in [1.807, 2.05) is 58.2 Å². The molecule has 57 heavy (non-hydrogen) atoms. The summed E-state index contributed by atoms with van der Waals surface area (Å²) in [6.45, 7) is 10.4. The number of carbonyl (C=O) groups is 4. The van der Waals surface area contributed by atoms with Gasteiger partial charge in [0.1, 0.15) is 24.1 Å². The number of ether oxygens (including phenoxy) is 1. The van der Waals surface area contributed by atoms with Crippen molar-refractivity contribution in [3.8, 4) is 16.9 Å². The Morgan fingerprint density at radius 1 is 1.07 bits per heavy atom. The van der Waals surface area contributed by atoms with Gasteiger partial charge >= 0.3 is 0 Å². The van der Waals surface area contributed by atoms with Gasteiger partial charge in [-0.15, -0.1) is 0 Å². The number of likely N-dealkylation sites (tertiary alicyclic amines) is 1. The van der Waals surface area contributed by atoms with E-state index in [0.717, 1.165) is 102 Å². The molecule has 3 heterocycles. The number of fused-ring (bicyclic) bond motifs is 1. The van der Waals surface area contributed by atoms with Gasteiger partial charge in [-0.25, -0.2) is 4.98 Å². The first-order valence-electron chi connectivity index (χ1n) is 19.5. The van der Waals surface area contributed by atoms with E-state index in [1.165, 1.54) is 5.56 Å². The third-order valence-corrected chi connectivity index (χ3v) is 9.97. The van der Waals surface area contributed by atoms with Crippen LogP contribution in [0.3, 0.4) is 0 Å². The smallest absolute Gasteiger partial charge is 0.290 e. The highest BCUT2D eigenvalue weighted by molar-refractivity contribution is 5.97. The van der Waals surface area contributed by atoms with Crippen LogP contribution in [0.2, 0.25) is 0 Å². The standard InChI is InChI=1S/C34H41N5O3.C7H13NO2.C2H6.CH2O2/c1-7-22-14-24(8-9-25(22)21-40)23-10-12-39(13-11-23)20-30-31(35-2)15-26(16-32(30)42-6)29-19-38(5)34(41)28-18-36-33(37(3)4)17-27(28)29;1-6(5-9)3-4-7(10)8-2;1-2;2-1-3/h8-9,14-19,21,23,35H,7,10-13,20H2,1-6H3;5-6H,3-4H2,1-2H3,(H,8,10);1-2H3;1H,(H,2,3). The maximum atomic E-state index is 12.9. The Labute approximate surface area is 337 Å². The van der Waals surface area contributed by atoms with Gasteiger partial charge in [0.25, 0.3) is 12.0 Å². The summed E-state index contributed by atoms with van der Waals surface area (Å²) in [5, 5.41) is 14.2. The molecule has 0 saturated carbocycles. The summed E-state index contributed by atoms with van der Waals surface area (Å²) in [6.07, 6.45) is 9.49. The Balaban J connectivity index is 0.000000641. The number of anilines is 2. The first kappa shape index (κ1) is 47.6. The molecule has 2 aromatic carbocycles. The number of hydrogen-bond acceptors (Lipinski definition) is 10. The molecule has 3 N–H and O–H groups in total. The van der Waals surface area contributed by atoms with Crippen LogP contribution < -0.4 is 25.8 Å². The summed E-state index contributed by atoms with van der Waals surface area (Å²) in [5.41, 5.74) is 7.25. The number of nitrogens with one attached hydrogen (secondary N) is 2. The van der Waals surface area contributed by atoms with Crippen molar-refractivity contribution >= 4 is 47.2 Å². The summed E-state index contributed by atoms with van der Waals surface area (Å²) >= 11 is 0. The topological polar surface area (TPSA) is 163 Å². The molecule has 1 aliphatic rings. The lowest BCUT2D eigenvalue weighted by Gasteiger charge is -2.33. The Morgan fingerprint density at radius 2 is 1.74 bits per heavy atom. The first-order chi connectivity index (χ1) is 27.4. The van der Waals surface area contributed by atoms with E-state index in [0.29, 0.717) is 24.1 Å². The summed E-state index contributed by atoms with van der Waals surface area (Å²) in [6, 6.07) is 12.5. The van der Waals surface area contributed by atoms with Gasteiger partial charge in [-0.1, -0.05) is 45.9 Å². The number of carbonyl (C=O) groups excluding carboxylic acids is 3. The van der Waals surface area contributed by atoms with Crippen molar-refractivity contribution < 1.29 is 29.0 Å². The molecular weight excluding hydrogens is 725 g/mol. The normalized spacial score (nSPS) is 12.9. The number of aldehydes is 2. The van der Waals surface area contributed by atoms with E-state index in [1.54, 1.807) is 38.9 Å². The van der Waals surface area contributed by atoms with E-state index < -0.39 is 0 Å². The van der Waals surface area contributed by atoms with Crippen molar-refractivity contribution in [2.24, 2.45) is 13.0 Å². The summed E-state index contributed by atoms with van der Waals surface area (Å²) in [4.78, 5) is 62.3. The predicted octanol–water partition coefficient (Wildman–Crippen LogP) is 6.55. The molecule has 0 radical (unpaired) electrons. The molecule has 5 rings (SSSR count). The van der Waals surface area contributed by atoms with Crippen LogP contribution in [0.15, 0.2) is 53.6 Å². The van der Waals surface area contributed by atoms with Crippen molar-refractivity contribution in [1.29, 1.82) is 0 Å². The molecule has 1 atom stereocenters. The fourth-order valence-corrected chi connectivity index (χ4v) is 6.69. The van der Waals surface area contributed by atoms with E-state index in [-0.39, 0.29) is 23.9 Å². The zero-order chi connectivity index (χ0) is 42.7. The molecular formula is C44H62N6O7. The lowest BCUT2D eigenvalue weighted by atomic mass is 9.87. The summed E-state index contributed by atoms with van der Waals surface area (Å²) in [5.74, 6) is 2.11. The number of piperidine rings is 1. The van der Waals surface area contributed by atoms with E-state index >= 15 is 0 Å². The van der Waals surface area contributed by atoms with Crippen LogP contribution in [0.1, 0.15) is 86.3 Å². The minimum absolute atomic E-state index is 0.00250. The predicted molar refractivity (Wildman–Crippen MR) is 230 cm³/mol. The number of aryl methyl sites for hydroxylation is 2. The van der Waals surface area contributed by atoms with Crippen molar-refractivity contribution in [2.45, 2.75) is 72.3 Å². The highest BCUT2D eigenvalue weighted by Crippen LogP contribution is 2.38. The van der Waals surface area contributed by atoms with E-state index in [4.69, 9.17) is 14.6 Å². The summed E-state index contributed by atoms with van der Waals surface area (Å²) < 4.78 is 7.59. The molecule has 2 aromatic heterocycles. The number of nitrogens with zero attached hydrogens (tertiary/aromatic N) is 4. The minimum atomic E-state index is -0.250. The van der Waals surface area contributed by atoms with Crippen LogP contribution in [0.25, 0.3) is 21.9 Å². The number of benzene rings is 2. The molecule has 310 valence electrons. The number of amides is 1. The van der Waals surface area contributed by atoms with Crippen LogP contribution in [-0.2, 0) is 34.4 Å². The second-order valence-corrected chi connectivity index (χ2v) is 13.8. The van der Waals surface area contributed by atoms with Gasteiger partial charge in [0.05, 0.1) is 12.5 Å². The lowest BCUT2D eigenvalue weighted by Crippen LogP contribution is -2.32. The largest absolute Gasteiger partial charge is 0.496 e. The Morgan fingerprint density at radius 3 is 2.28 bits per heavy atom. The highest BCUT2D eigenvalue weighted by Gasteiger charge is 2.24. The van der Waals surface area contributed by atoms with Crippen molar-refractivity contribution in [2.75, 3.05) is 58.6 Å². The second kappa shape index (κ2) is 24.2. The summed E-state index contributed by atoms with van der Waals surface area (Å²) in [7, 11) is 10.9. The molecule has 0 bridgehead atoms. The lowest BCUT2D eigenvalue weighted by molar-refractivity contribution is -0.123. The Kier molecular flexibility index (Phi) is 20.2. The fourth-order valence-electron chi connectivity index (χ4n) is 6.69. The van der Waals surface area contributed by atoms with Crippen molar-refractivity contribution in [1.82, 2.24) is 19.8 Å². The van der Waals surface area contributed by atoms with Crippen LogP contribution in [0.4, 0.5) is 11.5 Å². The van der Waals surface area contributed by atoms with Gasteiger partial charge in [-0.2, -0.15) is 0 Å². The number of hydrogen-bond donors (Lipinski definition) is 3. The number of methoxy groups -OCH3 is 1. The molecule has 13 heteroatoms. The van der Waals surface area contributed by atoms with Gasteiger partial charge in [0.15, 0.2) is 0 Å². The highest BCUT2D eigenvalue weighted by atomic mass is 16.5. The molecule has 4 aromatic rings. The third kappa shape index (κ3) is 13.0. The zero-order valence-electron chi connectivity index (χ0n) is 35.3. The van der Waals surface area contributed by atoms with Crippen LogP contribution in [0, 0.1) is 5.92 Å². The molecule has 13 nitrogen and oxygen atoms in total. The average Bonchev–Trinajstić information content (AvgIpc) is 3.24. The molecule has 0 spiro atoms. The maximum absolute atomic E-state index is 12.9. The number of pyridine rings is 2. The van der Waals surface area contributed by atoms with Crippen molar-refractivity contribution in [3.05, 3.63) is 81.4 Å². The van der Waals surface area contributed by atoms with Crippen LogP contribution in [-0.4, -0.2) is 92.9 Å². The van der Waals surface area contributed by atoms with Gasteiger partial charge in [-0.05, 0) is 79.6 Å². The fraction of sp³-hybridized carbons (Fsp3) is 0.455. The zero-order valence-corrected chi connectivity index (χ0v) is 35.3. The number of carboxylic acid groups (broad SMARTS) is 1. The average molecular weight is 787 g/mol. The Hall–Kier alpha value is -5.56. The SMILES string of the molecule is CC.CCc1cc(C2CCN(Cc3c(NC)cc(-c4cn(C)c(=O)c5cnc(N(C)C)cc45)cc3OC)CC2)ccc1C=O.CNC(=O)CCC(C)C=O.O=CO. The second-order valence-electron chi connectivity index (χ2n) is 13.8. The van der Waals surface area contributed by atoms with Gasteiger partial charge in [0.2, 0.25) is 5.91 Å². The van der Waals surface area contributed by atoms with E-state index in [9.17, 15) is 19.2 Å². The van der Waals surface area contributed by atoms with Crippen molar-refractivity contribution in [3.63, 3.8) is 0 Å². The third-order valence-electron chi connectivity index (χ3n) is 9.97. The number of rotatable bonds is 13. The molecule has 1 amide bonds. The number of aromatic nitrogens is 2. The maximum Gasteiger partial charge on any atom is 0.290 e. The molecule has 1 fully saturated rings. The van der Waals surface area contributed by atoms with Gasteiger partial charge in [0, 0.05) is 94.3 Å². The molecule has 1 unspecified atom stereocenters. The van der Waals surface area contributed by atoms with Crippen LogP contribution >= 0.6 is 0 Å². The first-order valence-corrected chi connectivity index (χ1v) is 19.5.